The minimum absolute atomic E-state index is 0.0814. The van der Waals surface area contributed by atoms with E-state index in [0.29, 0.717) is 5.56 Å². The zero-order chi connectivity index (χ0) is 21.3. The lowest BCUT2D eigenvalue weighted by molar-refractivity contribution is 0.0696. The van der Waals surface area contributed by atoms with Crippen LogP contribution < -0.4 is 10.0 Å². The number of hydrogen-bond acceptors (Lipinski definition) is 4. The SMILES string of the molecule is CC1(C)Cc2cc(C(=O)O)ccc2NC1c1ccc(NSc2ccc(F)cc2)cc1. The molecule has 0 aromatic heterocycles. The third-order valence-corrected chi connectivity index (χ3v) is 6.27. The smallest absolute Gasteiger partial charge is 0.335 e. The molecular weight excluding hydrogens is 399 g/mol. The van der Waals surface area contributed by atoms with Crippen molar-refractivity contribution in [1.82, 2.24) is 0 Å². The van der Waals surface area contributed by atoms with Crippen LogP contribution in [-0.2, 0) is 6.42 Å². The van der Waals surface area contributed by atoms with Gasteiger partial charge in [-0.05, 0) is 89.5 Å². The molecule has 154 valence electrons. The number of carboxylic acids is 1. The number of rotatable bonds is 5. The summed E-state index contributed by atoms with van der Waals surface area (Å²) in [5.41, 5.74) is 4.39. The molecule has 30 heavy (non-hydrogen) atoms. The summed E-state index contributed by atoms with van der Waals surface area (Å²) < 4.78 is 16.3. The van der Waals surface area contributed by atoms with Crippen LogP contribution in [0, 0.1) is 11.2 Å². The van der Waals surface area contributed by atoms with E-state index in [1.165, 1.54) is 29.6 Å². The Morgan fingerprint density at radius 2 is 1.80 bits per heavy atom. The van der Waals surface area contributed by atoms with Gasteiger partial charge in [-0.3, -0.25) is 0 Å². The maximum Gasteiger partial charge on any atom is 0.335 e. The number of benzene rings is 3. The van der Waals surface area contributed by atoms with E-state index >= 15 is 0 Å². The minimum atomic E-state index is -0.903. The zero-order valence-electron chi connectivity index (χ0n) is 16.8. The van der Waals surface area contributed by atoms with E-state index < -0.39 is 5.97 Å². The number of nitrogens with one attached hydrogen (secondary N) is 2. The summed E-state index contributed by atoms with van der Waals surface area (Å²) in [5.74, 6) is -1.15. The lowest BCUT2D eigenvalue weighted by Gasteiger charge is -2.41. The molecule has 0 bridgehead atoms. The van der Waals surface area contributed by atoms with Crippen LogP contribution in [0.2, 0.25) is 0 Å². The fourth-order valence-electron chi connectivity index (χ4n) is 3.86. The molecule has 4 nitrogen and oxygen atoms in total. The highest BCUT2D eigenvalue weighted by Crippen LogP contribution is 2.45. The molecule has 3 N–H and O–H groups in total. The molecule has 1 heterocycles. The normalized spacial score (nSPS) is 17.0. The van der Waals surface area contributed by atoms with Crippen molar-refractivity contribution in [3.8, 4) is 0 Å². The average molecular weight is 423 g/mol. The standard InChI is InChI=1S/C24H23FN2O2S/c1-24(2)14-17-13-16(23(28)29)5-12-21(17)26-22(24)15-3-8-19(9-4-15)27-30-20-10-6-18(25)7-11-20/h3-13,22,26-27H,14H2,1-2H3,(H,28,29). The van der Waals surface area contributed by atoms with Gasteiger partial charge >= 0.3 is 5.97 Å². The first-order valence-electron chi connectivity index (χ1n) is 9.73. The Balaban J connectivity index is 1.49. The van der Waals surface area contributed by atoms with Crippen LogP contribution in [0.15, 0.2) is 71.6 Å². The lowest BCUT2D eigenvalue weighted by Crippen LogP contribution is -2.35. The highest BCUT2D eigenvalue weighted by Gasteiger charge is 2.36. The molecule has 0 aliphatic carbocycles. The number of hydrogen-bond donors (Lipinski definition) is 3. The predicted molar refractivity (Wildman–Crippen MR) is 120 cm³/mol. The van der Waals surface area contributed by atoms with Gasteiger partial charge in [-0.2, -0.15) is 0 Å². The first-order chi connectivity index (χ1) is 14.3. The Hall–Kier alpha value is -2.99. The van der Waals surface area contributed by atoms with Gasteiger partial charge in [0.25, 0.3) is 0 Å². The molecule has 1 atom stereocenters. The van der Waals surface area contributed by atoms with Crippen LogP contribution in [0.25, 0.3) is 0 Å². The van der Waals surface area contributed by atoms with Gasteiger partial charge in [0.2, 0.25) is 0 Å². The van der Waals surface area contributed by atoms with Crippen molar-refractivity contribution in [2.75, 3.05) is 10.0 Å². The maximum atomic E-state index is 13.0. The average Bonchev–Trinajstić information content (AvgIpc) is 2.72. The van der Waals surface area contributed by atoms with Crippen LogP contribution in [0.3, 0.4) is 0 Å². The van der Waals surface area contributed by atoms with Gasteiger partial charge in [0.15, 0.2) is 0 Å². The van der Waals surface area contributed by atoms with Crippen molar-refractivity contribution in [1.29, 1.82) is 0 Å². The fraction of sp³-hybridized carbons (Fsp3) is 0.208. The third kappa shape index (κ3) is 4.28. The number of aromatic carboxylic acids is 1. The monoisotopic (exact) mass is 422 g/mol. The van der Waals surface area contributed by atoms with Gasteiger partial charge in [0.05, 0.1) is 11.6 Å². The van der Waals surface area contributed by atoms with Crippen LogP contribution >= 0.6 is 11.9 Å². The molecule has 0 saturated carbocycles. The van der Waals surface area contributed by atoms with E-state index in [9.17, 15) is 14.3 Å². The first-order valence-corrected chi connectivity index (χ1v) is 10.5. The minimum Gasteiger partial charge on any atom is -0.478 e. The number of halogens is 1. The largest absolute Gasteiger partial charge is 0.478 e. The quantitative estimate of drug-likeness (QED) is 0.417. The van der Waals surface area contributed by atoms with E-state index in [-0.39, 0.29) is 17.3 Å². The Bertz CT molecular complexity index is 1070. The van der Waals surface area contributed by atoms with Crippen LogP contribution in [-0.4, -0.2) is 11.1 Å². The molecule has 0 amide bonds. The molecule has 0 fully saturated rings. The van der Waals surface area contributed by atoms with Gasteiger partial charge in [-0.15, -0.1) is 0 Å². The number of carbonyl (C=O) groups is 1. The molecule has 4 rings (SSSR count). The Kier molecular flexibility index (Phi) is 5.43. The third-order valence-electron chi connectivity index (χ3n) is 5.42. The Labute approximate surface area is 179 Å². The Morgan fingerprint density at radius 1 is 1.10 bits per heavy atom. The summed E-state index contributed by atoms with van der Waals surface area (Å²) >= 11 is 1.44. The van der Waals surface area contributed by atoms with Gasteiger partial charge in [0.1, 0.15) is 5.82 Å². The molecule has 0 saturated heterocycles. The molecule has 1 aliphatic heterocycles. The van der Waals surface area contributed by atoms with E-state index in [2.05, 4.69) is 36.0 Å². The first kappa shape index (κ1) is 20.3. The number of carboxylic acid groups (broad SMARTS) is 1. The summed E-state index contributed by atoms with van der Waals surface area (Å²) in [4.78, 5) is 12.2. The van der Waals surface area contributed by atoms with E-state index in [1.807, 2.05) is 18.2 Å². The number of anilines is 2. The van der Waals surface area contributed by atoms with Crippen LogP contribution in [0.4, 0.5) is 15.8 Å². The van der Waals surface area contributed by atoms with E-state index in [1.54, 1.807) is 24.3 Å². The summed E-state index contributed by atoms with van der Waals surface area (Å²) in [6.45, 7) is 4.38. The van der Waals surface area contributed by atoms with Crippen LogP contribution in [0.1, 0.15) is 41.4 Å². The van der Waals surface area contributed by atoms with Crippen molar-refractivity contribution < 1.29 is 14.3 Å². The molecule has 3 aromatic carbocycles. The topological polar surface area (TPSA) is 61.4 Å². The van der Waals surface area contributed by atoms with Gasteiger partial charge < -0.3 is 15.1 Å². The van der Waals surface area contributed by atoms with E-state index in [4.69, 9.17) is 0 Å². The Morgan fingerprint density at radius 3 is 2.47 bits per heavy atom. The van der Waals surface area contributed by atoms with Crippen molar-refractivity contribution in [2.24, 2.45) is 5.41 Å². The van der Waals surface area contributed by atoms with Crippen molar-refractivity contribution in [3.05, 3.63) is 89.2 Å². The van der Waals surface area contributed by atoms with Crippen LogP contribution in [0.5, 0.6) is 0 Å². The molecule has 0 radical (unpaired) electrons. The summed E-state index contributed by atoms with van der Waals surface area (Å²) in [5, 5.41) is 12.9. The molecule has 1 aliphatic rings. The summed E-state index contributed by atoms with van der Waals surface area (Å²) in [6.07, 6.45) is 0.793. The molecule has 6 heteroatoms. The highest BCUT2D eigenvalue weighted by molar-refractivity contribution is 8.00. The highest BCUT2D eigenvalue weighted by atomic mass is 32.2. The zero-order valence-corrected chi connectivity index (χ0v) is 17.6. The fourth-order valence-corrected chi connectivity index (χ4v) is 4.50. The summed E-state index contributed by atoms with van der Waals surface area (Å²) in [7, 11) is 0. The maximum absolute atomic E-state index is 13.0. The molecule has 0 spiro atoms. The second kappa shape index (κ2) is 8.03. The second-order valence-electron chi connectivity index (χ2n) is 8.20. The molecular formula is C24H23FN2O2S. The van der Waals surface area contributed by atoms with Crippen molar-refractivity contribution >= 4 is 29.3 Å². The van der Waals surface area contributed by atoms with Gasteiger partial charge in [-0.1, -0.05) is 26.0 Å². The second-order valence-corrected chi connectivity index (χ2v) is 9.08. The molecule has 3 aromatic rings. The number of fused-ring (bicyclic) bond motifs is 1. The van der Waals surface area contributed by atoms with Gasteiger partial charge in [-0.25, -0.2) is 9.18 Å². The van der Waals surface area contributed by atoms with Gasteiger partial charge in [0, 0.05) is 16.3 Å². The summed E-state index contributed by atoms with van der Waals surface area (Å²) in [6, 6.07) is 20.0. The van der Waals surface area contributed by atoms with Crippen molar-refractivity contribution in [3.63, 3.8) is 0 Å². The van der Waals surface area contributed by atoms with E-state index in [0.717, 1.165) is 28.3 Å². The van der Waals surface area contributed by atoms with Crippen molar-refractivity contribution in [2.45, 2.75) is 31.2 Å². The molecule has 1 unspecified atom stereocenters. The predicted octanol–water partition coefficient (Wildman–Crippen LogP) is 6.38. The lowest BCUT2D eigenvalue weighted by atomic mass is 9.73.